The number of rotatable bonds is 4. The first kappa shape index (κ1) is 18.7. The maximum Gasteiger partial charge on any atom is 0.255 e. The van der Waals surface area contributed by atoms with E-state index in [4.69, 9.17) is 0 Å². The number of hydrogen-bond donors (Lipinski definition) is 2. The Balaban J connectivity index is 1.56. The van der Waals surface area contributed by atoms with E-state index < -0.39 is 9.84 Å². The van der Waals surface area contributed by atoms with Crippen LogP contribution in [0.2, 0.25) is 0 Å². The Labute approximate surface area is 163 Å². The monoisotopic (exact) mass is 401 g/mol. The number of fused-ring (bicyclic) bond motifs is 1. The van der Waals surface area contributed by atoms with Crippen LogP contribution in [0, 0.1) is 13.8 Å². The number of nitrogens with zero attached hydrogens (tertiary/aromatic N) is 3. The van der Waals surface area contributed by atoms with E-state index in [0.29, 0.717) is 29.2 Å². The molecule has 1 fully saturated rings. The van der Waals surface area contributed by atoms with Crippen molar-refractivity contribution >= 4 is 26.8 Å². The molecular formula is C19H23N5O3S. The van der Waals surface area contributed by atoms with E-state index >= 15 is 0 Å². The van der Waals surface area contributed by atoms with E-state index in [-0.39, 0.29) is 29.5 Å². The number of carbonyl (C=O) groups excluding carboxylic acids is 1. The first-order valence-electron chi connectivity index (χ1n) is 9.27. The highest BCUT2D eigenvalue weighted by Crippen LogP contribution is 2.27. The molecule has 0 aliphatic carbocycles. The fourth-order valence-electron chi connectivity index (χ4n) is 3.83. The van der Waals surface area contributed by atoms with Crippen LogP contribution < -0.4 is 5.32 Å². The number of aromatic amines is 1. The molecule has 0 saturated carbocycles. The molecule has 2 aromatic heterocycles. The summed E-state index contributed by atoms with van der Waals surface area (Å²) in [5.74, 6) is 0.681. The van der Waals surface area contributed by atoms with Crippen molar-refractivity contribution < 1.29 is 13.2 Å². The van der Waals surface area contributed by atoms with E-state index in [1.54, 1.807) is 11.6 Å². The highest BCUT2D eigenvalue weighted by atomic mass is 32.2. The minimum absolute atomic E-state index is 0.0748. The van der Waals surface area contributed by atoms with Gasteiger partial charge in [-0.05, 0) is 39.3 Å². The lowest BCUT2D eigenvalue weighted by Gasteiger charge is -2.13. The number of H-pyrrole nitrogens is 1. The van der Waals surface area contributed by atoms with Gasteiger partial charge in [-0.15, -0.1) is 0 Å². The van der Waals surface area contributed by atoms with Crippen LogP contribution in [0.25, 0.3) is 11.0 Å². The lowest BCUT2D eigenvalue weighted by atomic mass is 10.1. The molecule has 8 nitrogen and oxygen atoms in total. The molecule has 0 bridgehead atoms. The fraction of sp³-hybridized carbons (Fsp3) is 0.421. The van der Waals surface area contributed by atoms with E-state index in [0.717, 1.165) is 11.0 Å². The third-order valence-electron chi connectivity index (χ3n) is 5.27. The first-order valence-corrected chi connectivity index (χ1v) is 11.1. The number of para-hydroxylation sites is 2. The second-order valence-electron chi connectivity index (χ2n) is 7.38. The molecule has 1 saturated heterocycles. The first-order chi connectivity index (χ1) is 13.2. The van der Waals surface area contributed by atoms with Crippen molar-refractivity contribution in [2.45, 2.75) is 39.3 Å². The van der Waals surface area contributed by atoms with Gasteiger partial charge in [-0.25, -0.2) is 13.4 Å². The van der Waals surface area contributed by atoms with Gasteiger partial charge < -0.3 is 10.3 Å². The van der Waals surface area contributed by atoms with Crippen molar-refractivity contribution in [3.63, 3.8) is 0 Å². The number of sulfone groups is 1. The normalized spacial score (nSPS) is 19.8. The third kappa shape index (κ3) is 3.30. The van der Waals surface area contributed by atoms with Gasteiger partial charge in [0.25, 0.3) is 5.91 Å². The van der Waals surface area contributed by atoms with Gasteiger partial charge in [-0.3, -0.25) is 9.48 Å². The maximum atomic E-state index is 12.9. The van der Waals surface area contributed by atoms with Gasteiger partial charge in [0.1, 0.15) is 5.82 Å². The molecule has 3 aromatic rings. The van der Waals surface area contributed by atoms with Crippen LogP contribution in [0.3, 0.4) is 0 Å². The average Bonchev–Trinajstić information content (AvgIpc) is 3.29. The van der Waals surface area contributed by atoms with Crippen LogP contribution in [-0.4, -0.2) is 45.6 Å². The lowest BCUT2D eigenvalue weighted by molar-refractivity contribution is 0.0937. The average molecular weight is 401 g/mol. The van der Waals surface area contributed by atoms with Crippen LogP contribution >= 0.6 is 0 Å². The zero-order valence-corrected chi connectivity index (χ0v) is 16.9. The summed E-state index contributed by atoms with van der Waals surface area (Å²) in [4.78, 5) is 20.7. The number of aromatic nitrogens is 4. The molecule has 9 heteroatoms. The van der Waals surface area contributed by atoms with Gasteiger partial charge in [-0.2, -0.15) is 5.10 Å². The quantitative estimate of drug-likeness (QED) is 0.697. The molecular weight excluding hydrogens is 378 g/mol. The van der Waals surface area contributed by atoms with Crippen molar-refractivity contribution in [3.05, 3.63) is 47.0 Å². The van der Waals surface area contributed by atoms with Crippen LogP contribution in [0.4, 0.5) is 0 Å². The number of hydrogen-bond acceptors (Lipinski definition) is 5. The zero-order valence-electron chi connectivity index (χ0n) is 16.1. The Bertz CT molecular complexity index is 1130. The predicted molar refractivity (Wildman–Crippen MR) is 106 cm³/mol. The van der Waals surface area contributed by atoms with Crippen LogP contribution in [0.15, 0.2) is 24.3 Å². The van der Waals surface area contributed by atoms with E-state index in [1.807, 2.05) is 38.1 Å². The molecule has 4 rings (SSSR count). The smallest absolute Gasteiger partial charge is 0.255 e. The Morgan fingerprint density at radius 2 is 2.07 bits per heavy atom. The van der Waals surface area contributed by atoms with Gasteiger partial charge >= 0.3 is 0 Å². The van der Waals surface area contributed by atoms with E-state index in [2.05, 4.69) is 20.4 Å². The fourth-order valence-corrected chi connectivity index (χ4v) is 5.52. The molecule has 3 heterocycles. The van der Waals surface area contributed by atoms with Crippen LogP contribution in [0.5, 0.6) is 0 Å². The topological polar surface area (TPSA) is 110 Å². The summed E-state index contributed by atoms with van der Waals surface area (Å²) in [6.07, 6.45) is 0.529. The van der Waals surface area contributed by atoms with Gasteiger partial charge in [0.15, 0.2) is 9.84 Å². The minimum atomic E-state index is -3.03. The zero-order chi connectivity index (χ0) is 20.1. The largest absolute Gasteiger partial charge is 0.342 e. The Hall–Kier alpha value is -2.68. The number of imidazole rings is 1. The van der Waals surface area contributed by atoms with Gasteiger partial charge in [-0.1, -0.05) is 12.1 Å². The summed E-state index contributed by atoms with van der Waals surface area (Å²) in [6, 6.07) is 7.18. The summed E-state index contributed by atoms with van der Waals surface area (Å²) < 4.78 is 25.3. The molecule has 1 amide bonds. The second kappa shape index (κ2) is 6.73. The van der Waals surface area contributed by atoms with Crippen molar-refractivity contribution in [3.8, 4) is 0 Å². The summed E-state index contributed by atoms with van der Waals surface area (Å²) in [6.45, 7) is 5.45. The van der Waals surface area contributed by atoms with Crippen molar-refractivity contribution in [2.75, 3.05) is 11.5 Å². The SMILES string of the molecule is Cc1nn(C2CCS(=O)(=O)C2)c(C)c1C(=O)N[C@@H](C)c1nc2ccccc2[nH]1. The molecule has 148 valence electrons. The van der Waals surface area contributed by atoms with E-state index in [1.165, 1.54) is 0 Å². The summed E-state index contributed by atoms with van der Waals surface area (Å²) in [7, 11) is -3.03. The van der Waals surface area contributed by atoms with Crippen molar-refractivity contribution in [2.24, 2.45) is 0 Å². The van der Waals surface area contributed by atoms with Crippen LogP contribution in [0.1, 0.15) is 53.0 Å². The summed E-state index contributed by atoms with van der Waals surface area (Å²) in [5, 5.41) is 7.43. The minimum Gasteiger partial charge on any atom is -0.342 e. The Morgan fingerprint density at radius 1 is 1.32 bits per heavy atom. The molecule has 1 aliphatic rings. The molecule has 2 N–H and O–H groups in total. The maximum absolute atomic E-state index is 12.9. The Kier molecular flexibility index (Phi) is 4.49. The van der Waals surface area contributed by atoms with Crippen LogP contribution in [-0.2, 0) is 9.84 Å². The summed E-state index contributed by atoms with van der Waals surface area (Å²) >= 11 is 0. The molecule has 1 aliphatic heterocycles. The number of nitrogens with one attached hydrogen (secondary N) is 2. The predicted octanol–water partition coefficient (Wildman–Crippen LogP) is 2.23. The van der Waals surface area contributed by atoms with Gasteiger partial charge in [0.05, 0.1) is 45.9 Å². The molecule has 28 heavy (non-hydrogen) atoms. The lowest BCUT2D eigenvalue weighted by Crippen LogP contribution is -2.28. The number of amides is 1. The molecule has 0 spiro atoms. The third-order valence-corrected chi connectivity index (χ3v) is 7.02. The van der Waals surface area contributed by atoms with Crippen molar-refractivity contribution in [1.82, 2.24) is 25.1 Å². The molecule has 0 radical (unpaired) electrons. The standard InChI is InChI=1S/C19H23N5O3S/c1-11-17(13(3)24(23-11)14-8-9-28(26,27)10-14)19(25)20-12(2)18-21-15-6-4-5-7-16(15)22-18/h4-7,12,14H,8-10H2,1-3H3,(H,20,25)(H,21,22)/t12-,14?/m0/s1. The van der Waals surface area contributed by atoms with E-state index in [9.17, 15) is 13.2 Å². The number of benzene rings is 1. The van der Waals surface area contributed by atoms with Crippen molar-refractivity contribution in [1.29, 1.82) is 0 Å². The highest BCUT2D eigenvalue weighted by molar-refractivity contribution is 7.91. The van der Waals surface area contributed by atoms with Gasteiger partial charge in [0, 0.05) is 5.69 Å². The molecule has 2 atom stereocenters. The second-order valence-corrected chi connectivity index (χ2v) is 9.61. The Morgan fingerprint density at radius 3 is 2.75 bits per heavy atom. The number of aryl methyl sites for hydroxylation is 1. The van der Waals surface area contributed by atoms with Gasteiger partial charge in [0.2, 0.25) is 0 Å². The number of carbonyl (C=O) groups is 1. The molecule has 1 aromatic carbocycles. The highest BCUT2D eigenvalue weighted by Gasteiger charge is 2.32. The summed E-state index contributed by atoms with van der Waals surface area (Å²) in [5.41, 5.74) is 3.54. The molecule has 1 unspecified atom stereocenters.